The van der Waals surface area contributed by atoms with Crippen molar-refractivity contribution >= 4 is 52.6 Å². The molecule has 3 nitrogen and oxygen atoms in total. The third kappa shape index (κ3) is 4.79. The van der Waals surface area contributed by atoms with E-state index in [-0.39, 0.29) is 0 Å². The average molecular weight is 327 g/mol. The van der Waals surface area contributed by atoms with Crippen LogP contribution in [0.4, 0.5) is 11.6 Å². The lowest BCUT2D eigenvalue weighted by Gasteiger charge is -1.96. The molecule has 2 aromatic heterocycles. The molecule has 0 aliphatic carbocycles. The summed E-state index contributed by atoms with van der Waals surface area (Å²) in [5.41, 5.74) is 0. The number of pyridine rings is 1. The molecule has 0 saturated heterocycles. The lowest BCUT2D eigenvalue weighted by atomic mass is 10.4. The van der Waals surface area contributed by atoms with Crippen LogP contribution in [-0.2, 0) is 0 Å². The molecule has 0 spiro atoms. The van der Waals surface area contributed by atoms with Crippen LogP contribution >= 0.6 is 23.1 Å². The molecule has 0 aliphatic heterocycles. The van der Waals surface area contributed by atoms with E-state index in [1.807, 2.05) is 24.4 Å². The van der Waals surface area contributed by atoms with Crippen LogP contribution in [0.25, 0.3) is 4.91 Å². The van der Waals surface area contributed by atoms with Gasteiger partial charge in [0.05, 0.1) is 0 Å². The topological polar surface area (TPSA) is 37.6 Å². The van der Waals surface area contributed by atoms with E-state index in [2.05, 4.69) is 52.7 Å². The van der Waals surface area contributed by atoms with E-state index in [9.17, 15) is 0 Å². The summed E-state index contributed by atoms with van der Waals surface area (Å²) in [7, 11) is 0. The summed E-state index contributed by atoms with van der Waals surface area (Å²) in [4.78, 5) is 15.7. The minimum atomic E-state index is 0.578. The Morgan fingerprint density at radius 2 is 2.14 bits per heavy atom. The zero-order valence-corrected chi connectivity index (χ0v) is 14.0. The molecule has 112 valence electrons. The minimum Gasteiger partial charge on any atom is -0.245 e. The molecule has 2 aromatic rings. The van der Waals surface area contributed by atoms with Crippen molar-refractivity contribution in [2.75, 3.05) is 0 Å². The molecule has 0 amide bonds. The number of hydrogen-bond donors (Lipinski definition) is 0. The number of thioether (sulfide) groups is 1. The van der Waals surface area contributed by atoms with E-state index in [4.69, 9.17) is 0 Å². The Hall–Kier alpha value is -1.98. The Balaban J connectivity index is 2.05. The first-order chi connectivity index (χ1) is 10.7. The highest BCUT2D eigenvalue weighted by molar-refractivity contribution is 8.11. The van der Waals surface area contributed by atoms with Gasteiger partial charge in [-0.25, -0.2) is 15.0 Å². The Morgan fingerprint density at radius 1 is 1.32 bits per heavy atom. The largest absolute Gasteiger partial charge is 0.245 e. The highest BCUT2D eigenvalue weighted by Crippen LogP contribution is 2.31. The van der Waals surface area contributed by atoms with Crippen LogP contribution in [0.3, 0.4) is 0 Å². The molecule has 2 rings (SSSR count). The molecule has 0 aromatic carbocycles. The first-order valence-corrected chi connectivity index (χ1v) is 8.51. The van der Waals surface area contributed by atoms with E-state index in [0.717, 1.165) is 21.1 Å². The molecule has 0 unspecified atom stereocenters. The highest BCUT2D eigenvalue weighted by atomic mass is 32.2. The van der Waals surface area contributed by atoms with Gasteiger partial charge in [-0.15, -0.1) is 11.3 Å². The van der Waals surface area contributed by atoms with Crippen LogP contribution in [0.1, 0.15) is 23.1 Å². The van der Waals surface area contributed by atoms with Gasteiger partial charge in [0.2, 0.25) is 0 Å². The van der Waals surface area contributed by atoms with Crippen molar-refractivity contribution < 1.29 is 0 Å². The fraction of sp³-hybridized carbons (Fsp3) is 0.118. The maximum atomic E-state index is 4.37. The van der Waals surface area contributed by atoms with Crippen LogP contribution in [-0.4, -0.2) is 17.9 Å². The number of aliphatic imine (C=N–C) groups is 2. The zero-order chi connectivity index (χ0) is 15.8. The maximum absolute atomic E-state index is 4.37. The van der Waals surface area contributed by atoms with Gasteiger partial charge in [-0.3, -0.25) is 0 Å². The lowest BCUT2D eigenvalue weighted by molar-refractivity contribution is 1.23. The predicted octanol–water partition coefficient (Wildman–Crippen LogP) is 5.85. The Bertz CT molecular complexity index is 714. The molecule has 0 aliphatic rings. The van der Waals surface area contributed by atoms with Gasteiger partial charge in [-0.2, -0.15) is 0 Å². The summed E-state index contributed by atoms with van der Waals surface area (Å²) in [6.45, 7) is 9.68. The Kier molecular flexibility index (Phi) is 6.30. The quantitative estimate of drug-likeness (QED) is 0.598. The van der Waals surface area contributed by atoms with Crippen LogP contribution in [0.15, 0.2) is 58.4 Å². The molecule has 0 saturated carbocycles. The van der Waals surface area contributed by atoms with Gasteiger partial charge in [0.1, 0.15) is 0 Å². The monoisotopic (exact) mass is 327 g/mol. The molecule has 0 bridgehead atoms. The van der Waals surface area contributed by atoms with Crippen molar-refractivity contribution in [1.29, 1.82) is 0 Å². The molecule has 0 radical (unpaired) electrons. The summed E-state index contributed by atoms with van der Waals surface area (Å²) in [5, 5.41) is 2.08. The summed E-state index contributed by atoms with van der Waals surface area (Å²) in [5.74, 6) is 1.20. The van der Waals surface area contributed by atoms with Gasteiger partial charge in [-0.05, 0) is 42.8 Å². The SMILES string of the molecule is C=Nc1cccc(/N=C/c2ccc(C(=C)S/C=C\CC)s2)n1. The fourth-order valence-electron chi connectivity index (χ4n) is 1.56. The molecule has 0 fully saturated rings. The number of thiophene rings is 1. The van der Waals surface area contributed by atoms with Crippen molar-refractivity contribution in [3.05, 3.63) is 58.1 Å². The van der Waals surface area contributed by atoms with E-state index < -0.39 is 0 Å². The summed E-state index contributed by atoms with van der Waals surface area (Å²) >= 11 is 3.31. The van der Waals surface area contributed by atoms with Gasteiger partial charge in [0.25, 0.3) is 0 Å². The number of nitrogens with zero attached hydrogens (tertiary/aromatic N) is 3. The third-order valence-electron chi connectivity index (χ3n) is 2.65. The molecule has 0 N–H and O–H groups in total. The minimum absolute atomic E-state index is 0.578. The van der Waals surface area contributed by atoms with Gasteiger partial charge in [0, 0.05) is 20.9 Å². The molecule has 22 heavy (non-hydrogen) atoms. The number of aromatic nitrogens is 1. The zero-order valence-electron chi connectivity index (χ0n) is 12.4. The van der Waals surface area contributed by atoms with Crippen molar-refractivity contribution in [3.63, 3.8) is 0 Å². The van der Waals surface area contributed by atoms with Gasteiger partial charge < -0.3 is 0 Å². The molecule has 5 heteroatoms. The summed E-state index contributed by atoms with van der Waals surface area (Å²) < 4.78 is 0. The first-order valence-electron chi connectivity index (χ1n) is 6.81. The van der Waals surface area contributed by atoms with Crippen molar-refractivity contribution in [2.45, 2.75) is 13.3 Å². The second-order valence-corrected chi connectivity index (χ2v) is 6.41. The average Bonchev–Trinajstić information content (AvgIpc) is 3.02. The van der Waals surface area contributed by atoms with Crippen LogP contribution < -0.4 is 0 Å². The molecular weight excluding hydrogens is 310 g/mol. The highest BCUT2D eigenvalue weighted by Gasteiger charge is 2.02. The summed E-state index contributed by atoms with van der Waals surface area (Å²) in [6.07, 6.45) is 4.97. The second kappa shape index (κ2) is 8.46. The normalized spacial score (nSPS) is 11.3. The third-order valence-corrected chi connectivity index (χ3v) is 4.69. The Labute approximate surface area is 139 Å². The maximum Gasteiger partial charge on any atom is 0.154 e. The van der Waals surface area contributed by atoms with E-state index >= 15 is 0 Å². The first kappa shape index (κ1) is 16.4. The molecular formula is C17H17N3S2. The van der Waals surface area contributed by atoms with Crippen molar-refractivity contribution in [3.8, 4) is 0 Å². The molecule has 2 heterocycles. The number of hydrogen-bond acceptors (Lipinski definition) is 5. The fourth-order valence-corrected chi connectivity index (χ4v) is 3.21. The Morgan fingerprint density at radius 3 is 2.91 bits per heavy atom. The predicted molar refractivity (Wildman–Crippen MR) is 101 cm³/mol. The number of allylic oxidation sites excluding steroid dienone is 1. The smallest absolute Gasteiger partial charge is 0.154 e. The molecule has 0 atom stereocenters. The standard InChI is InChI=1S/C17H17N3S2/c1-4-5-11-21-13(2)15-10-9-14(22-15)12-19-17-8-6-7-16(18-3)20-17/h5-12H,2-4H2,1H3/b11-5-,19-12+. The second-order valence-electron chi connectivity index (χ2n) is 4.29. The van der Waals surface area contributed by atoms with Crippen LogP contribution in [0.5, 0.6) is 0 Å². The van der Waals surface area contributed by atoms with E-state index in [0.29, 0.717) is 11.6 Å². The van der Waals surface area contributed by atoms with Gasteiger partial charge in [-0.1, -0.05) is 37.4 Å². The van der Waals surface area contributed by atoms with Crippen LogP contribution in [0, 0.1) is 0 Å². The van der Waals surface area contributed by atoms with Crippen LogP contribution in [0.2, 0.25) is 0 Å². The number of rotatable bonds is 7. The van der Waals surface area contributed by atoms with Gasteiger partial charge in [0.15, 0.2) is 11.6 Å². The lowest BCUT2D eigenvalue weighted by Crippen LogP contribution is -1.76. The van der Waals surface area contributed by atoms with Crippen molar-refractivity contribution in [2.24, 2.45) is 9.98 Å². The van der Waals surface area contributed by atoms with E-state index in [1.54, 1.807) is 29.2 Å². The van der Waals surface area contributed by atoms with Gasteiger partial charge >= 0.3 is 0 Å². The van der Waals surface area contributed by atoms with E-state index in [1.165, 1.54) is 0 Å². The van der Waals surface area contributed by atoms with Crippen molar-refractivity contribution in [1.82, 2.24) is 4.98 Å². The summed E-state index contributed by atoms with van der Waals surface area (Å²) in [6, 6.07) is 9.59.